The van der Waals surface area contributed by atoms with Crippen LogP contribution in [0.3, 0.4) is 0 Å². The molecule has 396 valence electrons. The number of hydrogen-bond donors (Lipinski definition) is 4. The van der Waals surface area contributed by atoms with Crippen molar-refractivity contribution in [2.75, 3.05) is 64.4 Å². The number of halogens is 4. The summed E-state index contributed by atoms with van der Waals surface area (Å²) in [5.74, 6) is -4.63. The van der Waals surface area contributed by atoms with Gasteiger partial charge in [0.05, 0.1) is 24.1 Å². The molecule has 1 aromatic heterocycles. The average Bonchev–Trinajstić information content (AvgIpc) is 3.90. The molecule has 0 bridgehead atoms. The van der Waals surface area contributed by atoms with Gasteiger partial charge in [-0.25, -0.2) is 22.4 Å². The van der Waals surface area contributed by atoms with Gasteiger partial charge in [-0.1, -0.05) is 43.3 Å². The van der Waals surface area contributed by atoms with Crippen LogP contribution in [0.1, 0.15) is 103 Å². The van der Waals surface area contributed by atoms with Crippen molar-refractivity contribution in [3.05, 3.63) is 117 Å². The summed E-state index contributed by atoms with van der Waals surface area (Å²) in [7, 11) is 2.99. The van der Waals surface area contributed by atoms with Gasteiger partial charge in [0.15, 0.2) is 28.8 Å². The molecule has 75 heavy (non-hydrogen) atoms. The Kier molecular flexibility index (Phi) is 14.4. The number of ether oxygens (including phenoxy) is 2. The van der Waals surface area contributed by atoms with Gasteiger partial charge in [-0.2, -0.15) is 5.10 Å². The van der Waals surface area contributed by atoms with Crippen LogP contribution in [0.15, 0.2) is 66.4 Å². The lowest BCUT2D eigenvalue weighted by molar-refractivity contribution is -0.137. The Balaban J connectivity index is 0.779. The maximum Gasteiger partial charge on any atom is 0.329 e. The zero-order chi connectivity index (χ0) is 52.9. The number of anilines is 1. The van der Waals surface area contributed by atoms with E-state index in [4.69, 9.17) is 9.47 Å². The number of carbonyl (C=O) groups excluding carboxylic acids is 4. The maximum atomic E-state index is 16.7. The summed E-state index contributed by atoms with van der Waals surface area (Å²) in [4.78, 5) is 57.2. The molecule has 3 fully saturated rings. The number of imide groups is 1. The SMILES string of the molecule is CNC(=O)c1ccc(OCCO)c(F)c1-c1c(C)c(F)cc2c1C(C)[C@@](CNC1=CC[C@@H](C(=O)N3CCC(N4CCC(c5c(F)cc6c(N7CCC(=O)NC7=O)nn(C)c6c5F)CC4)CC3)CC1)(c1ccccc1)O2. The number of carbonyl (C=O) groups is 4. The zero-order valence-corrected chi connectivity index (χ0v) is 42.5. The van der Waals surface area contributed by atoms with Crippen molar-refractivity contribution in [1.29, 1.82) is 0 Å². The quantitative estimate of drug-likeness (QED) is 0.0854. The molecule has 3 atom stereocenters. The summed E-state index contributed by atoms with van der Waals surface area (Å²) in [6.07, 6.45) is 6.63. The second-order valence-corrected chi connectivity index (χ2v) is 20.4. The molecule has 10 rings (SSSR count). The number of hydrogen-bond acceptors (Lipinski definition) is 10. The summed E-state index contributed by atoms with van der Waals surface area (Å²) in [6.45, 7) is 5.82. The monoisotopic (exact) mass is 1030 g/mol. The first-order valence-electron chi connectivity index (χ1n) is 25.9. The summed E-state index contributed by atoms with van der Waals surface area (Å²) in [5.41, 5.74) is 1.51. The van der Waals surface area contributed by atoms with Gasteiger partial charge in [-0.3, -0.25) is 29.3 Å². The maximum absolute atomic E-state index is 16.7. The predicted molar refractivity (Wildman–Crippen MR) is 272 cm³/mol. The molecule has 5 aliphatic rings. The number of aliphatic hydroxyl groups excluding tert-OH is 1. The molecule has 1 unspecified atom stereocenters. The number of fused-ring (bicyclic) bond motifs is 2. The van der Waals surface area contributed by atoms with Gasteiger partial charge < -0.3 is 35.0 Å². The molecule has 5 heterocycles. The van der Waals surface area contributed by atoms with E-state index < -0.39 is 52.6 Å². The van der Waals surface area contributed by atoms with E-state index >= 15 is 17.6 Å². The van der Waals surface area contributed by atoms with Crippen LogP contribution in [0.2, 0.25) is 0 Å². The minimum Gasteiger partial charge on any atom is -0.488 e. The van der Waals surface area contributed by atoms with E-state index in [9.17, 15) is 24.3 Å². The van der Waals surface area contributed by atoms with Gasteiger partial charge in [-0.15, -0.1) is 0 Å². The molecular weight excluding hydrogens is 973 g/mol. The third-order valence-corrected chi connectivity index (χ3v) is 16.3. The van der Waals surface area contributed by atoms with Gasteiger partial charge >= 0.3 is 6.03 Å². The smallest absolute Gasteiger partial charge is 0.329 e. The number of aliphatic hydroxyl groups is 1. The van der Waals surface area contributed by atoms with Crippen LogP contribution in [0.5, 0.6) is 11.5 Å². The molecule has 15 nitrogen and oxygen atoms in total. The van der Waals surface area contributed by atoms with Crippen LogP contribution in [0.25, 0.3) is 22.0 Å². The van der Waals surface area contributed by atoms with Crippen LogP contribution >= 0.6 is 0 Å². The fourth-order valence-corrected chi connectivity index (χ4v) is 12.2. The molecule has 0 radical (unpaired) electrons. The second-order valence-electron chi connectivity index (χ2n) is 20.4. The molecule has 5 aromatic rings. The fraction of sp³-hybridized carbons (Fsp3) is 0.446. The Morgan fingerprint density at radius 2 is 1.65 bits per heavy atom. The van der Waals surface area contributed by atoms with Crippen molar-refractivity contribution in [3.63, 3.8) is 0 Å². The number of nitrogens with one attached hydrogen (secondary N) is 3. The fourth-order valence-electron chi connectivity index (χ4n) is 12.2. The van der Waals surface area contributed by atoms with Gasteiger partial charge in [-0.05, 0) is 106 Å². The number of aryl methyl sites for hydroxylation is 1. The first-order valence-corrected chi connectivity index (χ1v) is 25.9. The largest absolute Gasteiger partial charge is 0.488 e. The van der Waals surface area contributed by atoms with E-state index in [0.717, 1.165) is 24.1 Å². The molecule has 3 saturated heterocycles. The van der Waals surface area contributed by atoms with Crippen LogP contribution in [0.4, 0.5) is 28.2 Å². The first-order chi connectivity index (χ1) is 36.1. The normalized spacial score (nSPS) is 21.7. The van der Waals surface area contributed by atoms with Crippen molar-refractivity contribution in [2.45, 2.75) is 88.7 Å². The van der Waals surface area contributed by atoms with Crippen molar-refractivity contribution in [1.82, 2.24) is 35.5 Å². The van der Waals surface area contributed by atoms with Crippen molar-refractivity contribution in [3.8, 4) is 22.6 Å². The predicted octanol–water partition coefficient (Wildman–Crippen LogP) is 7.82. The number of rotatable bonds is 13. The van der Waals surface area contributed by atoms with Crippen LogP contribution in [0, 0.1) is 36.1 Å². The van der Waals surface area contributed by atoms with Gasteiger partial charge in [0.1, 0.15) is 29.5 Å². The lowest BCUT2D eigenvalue weighted by atomic mass is 9.76. The Labute approximate surface area is 432 Å². The Morgan fingerprint density at radius 3 is 2.33 bits per heavy atom. The van der Waals surface area contributed by atoms with Crippen LogP contribution < -0.4 is 30.3 Å². The zero-order valence-electron chi connectivity index (χ0n) is 42.5. The van der Waals surface area contributed by atoms with E-state index in [-0.39, 0.29) is 113 Å². The van der Waals surface area contributed by atoms with E-state index in [0.29, 0.717) is 63.8 Å². The van der Waals surface area contributed by atoms with E-state index in [1.54, 1.807) is 14.0 Å². The molecular formula is C56H62F4N8O7. The molecule has 1 aliphatic carbocycles. The van der Waals surface area contributed by atoms with E-state index in [1.807, 2.05) is 42.2 Å². The molecule has 4 aromatic carbocycles. The van der Waals surface area contributed by atoms with Crippen LogP contribution in [-0.4, -0.2) is 114 Å². The number of amides is 5. The van der Waals surface area contributed by atoms with Gasteiger partial charge in [0, 0.05) is 86.5 Å². The number of benzene rings is 4. The van der Waals surface area contributed by atoms with Crippen LogP contribution in [-0.2, 0) is 22.2 Å². The van der Waals surface area contributed by atoms with Crippen molar-refractivity contribution in [2.24, 2.45) is 13.0 Å². The summed E-state index contributed by atoms with van der Waals surface area (Å²) < 4.78 is 78.7. The molecule has 4 N–H and O–H groups in total. The lowest BCUT2D eigenvalue weighted by Gasteiger charge is -2.42. The number of nitrogens with zero attached hydrogens (tertiary/aromatic N) is 5. The molecule has 0 spiro atoms. The molecule has 19 heteroatoms. The first kappa shape index (κ1) is 51.5. The van der Waals surface area contributed by atoms with Gasteiger partial charge in [0.25, 0.3) is 5.91 Å². The number of aromatic nitrogens is 2. The third-order valence-electron chi connectivity index (χ3n) is 16.3. The highest BCUT2D eigenvalue weighted by Gasteiger charge is 2.50. The van der Waals surface area contributed by atoms with Crippen molar-refractivity contribution < 1.29 is 51.3 Å². The second kappa shape index (κ2) is 21.0. The van der Waals surface area contributed by atoms with E-state index in [2.05, 4.69) is 32.0 Å². The standard InChI is InChI=1S/C56H62F4N8O7/c1-31-40(57)29-43-46(45(31)48-38(53(71)61-3)14-15-42(49(48)59)74-27-26-69)32(2)56(75-43,35-8-6-5-7-9-35)30-62-36-12-10-34(11-13-36)54(72)67-23-18-37(19-24-67)66-21-16-33(17-22-66)47-41(58)28-39-51(50(47)60)65(4)64-52(39)68-25-20-44(70)63-55(68)73/h5-9,12,14-15,28-29,32-34,37,62,69H,10-11,13,16-27,30H2,1-4H3,(H,61,71)(H,63,70,73)/t32?,34-,56+/m1/s1. The minimum absolute atomic E-state index is 0.0125. The number of allylic oxidation sites excluding steroid dienone is 2. The Bertz CT molecular complexity index is 3100. The molecule has 5 amide bonds. The third kappa shape index (κ3) is 9.35. The van der Waals surface area contributed by atoms with E-state index in [1.165, 1.54) is 40.9 Å². The Morgan fingerprint density at radius 1 is 0.907 bits per heavy atom. The molecule has 0 saturated carbocycles. The summed E-state index contributed by atoms with van der Waals surface area (Å²) in [5, 5.41) is 22.4. The summed E-state index contributed by atoms with van der Waals surface area (Å²) in [6, 6.07) is 14.5. The highest BCUT2D eigenvalue weighted by atomic mass is 19.1. The topological polar surface area (TPSA) is 171 Å². The summed E-state index contributed by atoms with van der Waals surface area (Å²) >= 11 is 0. The Hall–Kier alpha value is -6.99. The highest BCUT2D eigenvalue weighted by Crippen LogP contribution is 2.56. The lowest BCUT2D eigenvalue weighted by Crippen LogP contribution is -2.50. The highest BCUT2D eigenvalue weighted by molar-refractivity contribution is 6.09. The molecule has 4 aliphatic heterocycles. The number of piperidine rings is 2. The van der Waals surface area contributed by atoms with Gasteiger partial charge in [0.2, 0.25) is 11.8 Å². The minimum atomic E-state index is -1.11. The average molecular weight is 1040 g/mol. The number of likely N-dealkylation sites (tertiary alicyclic amines) is 2. The van der Waals surface area contributed by atoms with Crippen molar-refractivity contribution >= 4 is 40.5 Å². The number of urea groups is 1.